The minimum atomic E-state index is -0.943. The molecule has 1 aliphatic rings. The van der Waals surface area contributed by atoms with Crippen LogP contribution < -0.4 is 0 Å². The molecule has 0 spiro atoms. The van der Waals surface area contributed by atoms with Gasteiger partial charge in [-0.05, 0) is 36.5 Å². The number of carboxylic acid groups (broad SMARTS) is 1. The van der Waals surface area contributed by atoms with Crippen molar-refractivity contribution in [2.75, 3.05) is 11.5 Å². The van der Waals surface area contributed by atoms with E-state index in [0.29, 0.717) is 5.92 Å². The second-order valence-electron chi connectivity index (χ2n) is 3.64. The number of pyridine rings is 1. The Kier molecular flexibility index (Phi) is 3.26. The fourth-order valence-corrected chi connectivity index (χ4v) is 2.90. The Morgan fingerprint density at radius 1 is 1.40 bits per heavy atom. The van der Waals surface area contributed by atoms with Crippen molar-refractivity contribution < 1.29 is 9.90 Å². The topological polar surface area (TPSA) is 50.2 Å². The molecule has 80 valence electrons. The maximum Gasteiger partial charge on any atom is 0.354 e. The van der Waals surface area contributed by atoms with Crippen molar-refractivity contribution in [1.82, 2.24) is 4.98 Å². The quantitative estimate of drug-likeness (QED) is 0.836. The van der Waals surface area contributed by atoms with Crippen molar-refractivity contribution >= 4 is 17.7 Å². The molecule has 0 aliphatic carbocycles. The predicted octanol–water partition coefficient (Wildman–Crippen LogP) is 2.39. The van der Waals surface area contributed by atoms with Gasteiger partial charge in [0, 0.05) is 11.6 Å². The third-order valence-corrected chi connectivity index (χ3v) is 3.68. The highest BCUT2D eigenvalue weighted by atomic mass is 32.2. The summed E-state index contributed by atoms with van der Waals surface area (Å²) in [6.45, 7) is 0. The molecule has 3 nitrogen and oxygen atoms in total. The summed E-state index contributed by atoms with van der Waals surface area (Å²) in [5.41, 5.74) is 1.10. The van der Waals surface area contributed by atoms with E-state index in [2.05, 4.69) is 4.98 Å². The minimum Gasteiger partial charge on any atom is -0.477 e. The van der Waals surface area contributed by atoms with Gasteiger partial charge in [0.2, 0.25) is 0 Å². The third-order valence-electron chi connectivity index (χ3n) is 2.63. The van der Waals surface area contributed by atoms with Crippen LogP contribution in [0.1, 0.15) is 34.9 Å². The Morgan fingerprint density at radius 2 is 2.13 bits per heavy atom. The Labute approximate surface area is 92.9 Å². The number of carboxylic acids is 1. The van der Waals surface area contributed by atoms with Crippen LogP contribution in [0.25, 0.3) is 0 Å². The van der Waals surface area contributed by atoms with Crippen LogP contribution in [0.15, 0.2) is 18.2 Å². The van der Waals surface area contributed by atoms with Crippen LogP contribution in [-0.4, -0.2) is 27.6 Å². The summed E-state index contributed by atoms with van der Waals surface area (Å²) in [6, 6.07) is 5.27. The molecular weight excluding hydrogens is 210 g/mol. The Hall–Kier alpha value is -1.03. The average Bonchev–Trinajstić information content (AvgIpc) is 2.30. The number of carbonyl (C=O) groups is 1. The highest BCUT2D eigenvalue weighted by molar-refractivity contribution is 7.99. The van der Waals surface area contributed by atoms with Crippen molar-refractivity contribution in [3.63, 3.8) is 0 Å². The molecule has 15 heavy (non-hydrogen) atoms. The van der Waals surface area contributed by atoms with Gasteiger partial charge in [0.1, 0.15) is 5.69 Å². The number of nitrogens with zero attached hydrogens (tertiary/aromatic N) is 1. The zero-order valence-electron chi connectivity index (χ0n) is 8.35. The molecule has 1 fully saturated rings. The molecule has 2 rings (SSSR count). The molecule has 1 aromatic heterocycles. The molecule has 0 amide bonds. The fraction of sp³-hybridized carbons (Fsp3) is 0.455. The Morgan fingerprint density at radius 3 is 2.80 bits per heavy atom. The zero-order chi connectivity index (χ0) is 10.7. The molecule has 0 aromatic carbocycles. The van der Waals surface area contributed by atoms with Crippen LogP contribution in [0.2, 0.25) is 0 Å². The van der Waals surface area contributed by atoms with Crippen LogP contribution in [0, 0.1) is 0 Å². The van der Waals surface area contributed by atoms with Gasteiger partial charge < -0.3 is 5.11 Å². The second kappa shape index (κ2) is 4.66. The molecule has 0 saturated carbocycles. The molecule has 1 saturated heterocycles. The monoisotopic (exact) mass is 223 g/mol. The standard InChI is InChI=1S/C11H13NO2S/c13-11(14)10-3-1-2-9(12-10)8-4-6-15-7-5-8/h1-3,8H,4-7H2,(H,13,14). The molecule has 0 unspecified atom stereocenters. The molecule has 4 heteroatoms. The zero-order valence-corrected chi connectivity index (χ0v) is 9.17. The lowest BCUT2D eigenvalue weighted by molar-refractivity contribution is 0.0690. The normalized spacial score (nSPS) is 17.6. The van der Waals surface area contributed by atoms with Crippen LogP contribution in [-0.2, 0) is 0 Å². The van der Waals surface area contributed by atoms with Crippen molar-refractivity contribution in [2.45, 2.75) is 18.8 Å². The molecule has 0 radical (unpaired) electrons. The van der Waals surface area contributed by atoms with Crippen LogP contribution in [0.4, 0.5) is 0 Å². The van der Waals surface area contributed by atoms with Gasteiger partial charge in [-0.1, -0.05) is 6.07 Å². The summed E-state index contributed by atoms with van der Waals surface area (Å²) in [5, 5.41) is 8.84. The van der Waals surface area contributed by atoms with Crippen molar-refractivity contribution in [3.8, 4) is 0 Å². The lowest BCUT2D eigenvalue weighted by Crippen LogP contribution is -2.11. The number of hydrogen-bond donors (Lipinski definition) is 1. The maximum atomic E-state index is 10.8. The predicted molar refractivity (Wildman–Crippen MR) is 60.5 cm³/mol. The third kappa shape index (κ3) is 2.50. The van der Waals surface area contributed by atoms with Gasteiger partial charge >= 0.3 is 5.97 Å². The van der Waals surface area contributed by atoms with Gasteiger partial charge in [-0.3, -0.25) is 0 Å². The minimum absolute atomic E-state index is 0.158. The first-order chi connectivity index (χ1) is 7.27. The molecular formula is C11H13NO2S. The smallest absolute Gasteiger partial charge is 0.354 e. The van der Waals surface area contributed by atoms with E-state index in [0.717, 1.165) is 30.0 Å². The summed E-state index contributed by atoms with van der Waals surface area (Å²) < 4.78 is 0. The Bertz CT molecular complexity index is 361. The largest absolute Gasteiger partial charge is 0.477 e. The lowest BCUT2D eigenvalue weighted by Gasteiger charge is -2.20. The van der Waals surface area contributed by atoms with Gasteiger partial charge in [-0.15, -0.1) is 0 Å². The highest BCUT2D eigenvalue weighted by Crippen LogP contribution is 2.30. The number of hydrogen-bond acceptors (Lipinski definition) is 3. The molecule has 1 aliphatic heterocycles. The van der Waals surface area contributed by atoms with Crippen LogP contribution in [0.3, 0.4) is 0 Å². The van der Waals surface area contributed by atoms with Crippen molar-refractivity contribution in [2.24, 2.45) is 0 Å². The molecule has 1 aromatic rings. The first kappa shape index (κ1) is 10.5. The van der Waals surface area contributed by atoms with Gasteiger partial charge in [-0.25, -0.2) is 9.78 Å². The molecule has 0 atom stereocenters. The SMILES string of the molecule is O=C(O)c1cccc(C2CCSCC2)n1. The fourth-order valence-electron chi connectivity index (χ4n) is 1.79. The van der Waals surface area contributed by atoms with Crippen LogP contribution >= 0.6 is 11.8 Å². The van der Waals surface area contributed by atoms with Crippen LogP contribution in [0.5, 0.6) is 0 Å². The number of aromatic carboxylic acids is 1. The first-order valence-electron chi connectivity index (χ1n) is 5.05. The van der Waals surface area contributed by atoms with Gasteiger partial charge in [0.05, 0.1) is 0 Å². The van der Waals surface area contributed by atoms with Gasteiger partial charge in [0.25, 0.3) is 0 Å². The summed E-state index contributed by atoms with van der Waals surface area (Å²) in [5.74, 6) is 1.82. The molecule has 2 heterocycles. The lowest BCUT2D eigenvalue weighted by atomic mass is 9.98. The van der Waals surface area contributed by atoms with E-state index in [4.69, 9.17) is 5.11 Å². The summed E-state index contributed by atoms with van der Waals surface area (Å²) in [7, 11) is 0. The molecule has 1 N–H and O–H groups in total. The van der Waals surface area contributed by atoms with Gasteiger partial charge in [-0.2, -0.15) is 11.8 Å². The maximum absolute atomic E-state index is 10.8. The van der Waals surface area contributed by atoms with E-state index in [9.17, 15) is 4.79 Å². The number of rotatable bonds is 2. The van der Waals surface area contributed by atoms with E-state index in [1.807, 2.05) is 17.8 Å². The highest BCUT2D eigenvalue weighted by Gasteiger charge is 2.17. The summed E-state index contributed by atoms with van der Waals surface area (Å²) >= 11 is 1.96. The van der Waals surface area contributed by atoms with E-state index in [1.54, 1.807) is 12.1 Å². The summed E-state index contributed by atoms with van der Waals surface area (Å²) in [4.78, 5) is 15.0. The van der Waals surface area contributed by atoms with E-state index in [1.165, 1.54) is 0 Å². The number of aromatic nitrogens is 1. The van der Waals surface area contributed by atoms with Gasteiger partial charge in [0.15, 0.2) is 0 Å². The number of thioether (sulfide) groups is 1. The van der Waals surface area contributed by atoms with E-state index < -0.39 is 5.97 Å². The van der Waals surface area contributed by atoms with E-state index >= 15 is 0 Å². The average molecular weight is 223 g/mol. The second-order valence-corrected chi connectivity index (χ2v) is 4.86. The van der Waals surface area contributed by atoms with Crippen molar-refractivity contribution in [1.29, 1.82) is 0 Å². The Balaban J connectivity index is 2.19. The summed E-state index contributed by atoms with van der Waals surface area (Å²) in [6.07, 6.45) is 2.22. The van der Waals surface area contributed by atoms with Crippen molar-refractivity contribution in [3.05, 3.63) is 29.6 Å². The molecule has 0 bridgehead atoms. The van der Waals surface area contributed by atoms with E-state index in [-0.39, 0.29) is 5.69 Å². The first-order valence-corrected chi connectivity index (χ1v) is 6.21.